The van der Waals surface area contributed by atoms with Crippen LogP contribution in [-0.2, 0) is 26.2 Å². The molecule has 0 bridgehead atoms. The molecule has 0 aliphatic heterocycles. The second kappa shape index (κ2) is 12.8. The van der Waals surface area contributed by atoms with Gasteiger partial charge >= 0.3 is 0 Å². The molecular formula is C23H28BrCl2N3O4S. The number of hydrogen-bond donors (Lipinski definition) is 1. The average Bonchev–Trinajstić information content (AvgIpc) is 2.73. The first-order chi connectivity index (χ1) is 15.9. The summed E-state index contributed by atoms with van der Waals surface area (Å²) in [4.78, 5) is 27.6. The fraction of sp³-hybridized carbons (Fsp3) is 0.391. The van der Waals surface area contributed by atoms with Crippen molar-refractivity contribution in [2.75, 3.05) is 23.7 Å². The maximum Gasteiger partial charge on any atom is 0.244 e. The average molecular weight is 593 g/mol. The van der Waals surface area contributed by atoms with Crippen LogP contribution in [0.5, 0.6) is 0 Å². The van der Waals surface area contributed by atoms with Gasteiger partial charge in [-0.25, -0.2) is 8.42 Å². The summed E-state index contributed by atoms with van der Waals surface area (Å²) in [6, 6.07) is 10.8. The van der Waals surface area contributed by atoms with Gasteiger partial charge in [0.1, 0.15) is 12.6 Å². The Kier molecular flexibility index (Phi) is 10.7. The lowest BCUT2D eigenvalue weighted by molar-refractivity contribution is -0.139. The summed E-state index contributed by atoms with van der Waals surface area (Å²) < 4.78 is 26.9. The predicted molar refractivity (Wildman–Crippen MR) is 141 cm³/mol. The molecule has 1 atom stereocenters. The smallest absolute Gasteiger partial charge is 0.244 e. The van der Waals surface area contributed by atoms with Crippen molar-refractivity contribution >= 4 is 66.7 Å². The molecule has 186 valence electrons. The molecule has 2 amide bonds. The second-order valence-corrected chi connectivity index (χ2v) is 11.6. The predicted octanol–water partition coefficient (Wildman–Crippen LogP) is 4.86. The number of hydrogen-bond acceptors (Lipinski definition) is 4. The van der Waals surface area contributed by atoms with Crippen LogP contribution in [-0.4, -0.2) is 50.5 Å². The molecule has 0 aromatic heterocycles. The number of sulfonamides is 1. The molecule has 0 heterocycles. The molecule has 2 aromatic carbocycles. The molecule has 0 saturated heterocycles. The topological polar surface area (TPSA) is 86.8 Å². The van der Waals surface area contributed by atoms with E-state index in [1.54, 1.807) is 6.92 Å². The summed E-state index contributed by atoms with van der Waals surface area (Å²) in [6.07, 6.45) is 2.73. The largest absolute Gasteiger partial charge is 0.354 e. The fourth-order valence-electron chi connectivity index (χ4n) is 3.25. The van der Waals surface area contributed by atoms with E-state index in [1.807, 2.05) is 31.2 Å². The van der Waals surface area contributed by atoms with E-state index in [2.05, 4.69) is 21.2 Å². The van der Waals surface area contributed by atoms with E-state index in [0.29, 0.717) is 6.54 Å². The van der Waals surface area contributed by atoms with Crippen molar-refractivity contribution < 1.29 is 18.0 Å². The Bertz CT molecular complexity index is 1110. The second-order valence-electron chi connectivity index (χ2n) is 7.87. The molecule has 0 saturated carbocycles. The van der Waals surface area contributed by atoms with Crippen LogP contribution in [0.4, 0.5) is 5.69 Å². The Morgan fingerprint density at radius 2 is 1.76 bits per heavy atom. The van der Waals surface area contributed by atoms with Crippen LogP contribution < -0.4 is 9.62 Å². The van der Waals surface area contributed by atoms with Gasteiger partial charge in [0.2, 0.25) is 21.8 Å². The standard InChI is InChI=1S/C23H28BrCl2N3O4S/c1-4-5-9-27-23(31)16(2)28(14-17-7-6-8-18(24)10-17)22(30)15-29(34(3,32)33)21-12-19(25)11-20(26)13-21/h6-8,10-13,16H,4-5,9,14-15H2,1-3H3,(H,27,31)/t16-/m0/s1. The molecule has 0 aliphatic rings. The molecule has 2 rings (SSSR count). The van der Waals surface area contributed by atoms with Crippen LogP contribution in [0.3, 0.4) is 0 Å². The first-order valence-corrected chi connectivity index (χ1v) is 14.1. The molecule has 0 fully saturated rings. The summed E-state index contributed by atoms with van der Waals surface area (Å²) in [6.45, 7) is 3.73. The SMILES string of the molecule is CCCCNC(=O)[C@H](C)N(Cc1cccc(Br)c1)C(=O)CN(c1cc(Cl)cc(Cl)c1)S(C)(=O)=O. The minimum absolute atomic E-state index is 0.120. The van der Waals surface area contributed by atoms with E-state index in [4.69, 9.17) is 23.2 Å². The normalized spacial score (nSPS) is 12.2. The minimum atomic E-state index is -3.86. The van der Waals surface area contributed by atoms with E-state index in [0.717, 1.165) is 33.4 Å². The van der Waals surface area contributed by atoms with E-state index < -0.39 is 28.5 Å². The van der Waals surface area contributed by atoms with Gasteiger partial charge in [-0.3, -0.25) is 13.9 Å². The zero-order chi connectivity index (χ0) is 25.5. The van der Waals surface area contributed by atoms with Crippen LogP contribution in [0.25, 0.3) is 0 Å². The number of anilines is 1. The van der Waals surface area contributed by atoms with Crippen molar-refractivity contribution in [1.29, 1.82) is 0 Å². The minimum Gasteiger partial charge on any atom is -0.354 e. The van der Waals surface area contributed by atoms with Crippen molar-refractivity contribution in [3.8, 4) is 0 Å². The first kappa shape index (κ1) is 28.4. The van der Waals surface area contributed by atoms with E-state index >= 15 is 0 Å². The number of amides is 2. The number of unbranched alkanes of at least 4 members (excludes halogenated alkanes) is 1. The Morgan fingerprint density at radius 1 is 1.12 bits per heavy atom. The summed E-state index contributed by atoms with van der Waals surface area (Å²) in [5.74, 6) is -0.854. The van der Waals surface area contributed by atoms with Gasteiger partial charge in [-0.15, -0.1) is 0 Å². The summed E-state index contributed by atoms with van der Waals surface area (Å²) in [5, 5.41) is 3.31. The van der Waals surface area contributed by atoms with Crippen LogP contribution >= 0.6 is 39.1 Å². The highest BCUT2D eigenvalue weighted by atomic mass is 79.9. The molecule has 2 aromatic rings. The van der Waals surface area contributed by atoms with Gasteiger partial charge < -0.3 is 10.2 Å². The van der Waals surface area contributed by atoms with Gasteiger partial charge in [-0.1, -0.05) is 64.6 Å². The lowest BCUT2D eigenvalue weighted by atomic mass is 10.1. The van der Waals surface area contributed by atoms with Gasteiger partial charge in [0.05, 0.1) is 11.9 Å². The Morgan fingerprint density at radius 3 is 2.32 bits per heavy atom. The van der Waals surface area contributed by atoms with Crippen molar-refractivity contribution in [2.24, 2.45) is 0 Å². The van der Waals surface area contributed by atoms with Gasteiger partial charge in [-0.2, -0.15) is 0 Å². The Balaban J connectivity index is 2.38. The van der Waals surface area contributed by atoms with Gasteiger partial charge in [0, 0.05) is 27.6 Å². The number of nitrogens with one attached hydrogen (secondary N) is 1. The van der Waals surface area contributed by atoms with Gasteiger partial charge in [0.25, 0.3) is 0 Å². The Labute approximate surface area is 219 Å². The molecule has 0 unspecified atom stereocenters. The first-order valence-electron chi connectivity index (χ1n) is 10.7. The molecule has 0 aliphatic carbocycles. The highest BCUT2D eigenvalue weighted by Gasteiger charge is 2.30. The number of benzene rings is 2. The number of halogens is 3. The molecule has 1 N–H and O–H groups in total. The molecule has 11 heteroatoms. The highest BCUT2D eigenvalue weighted by molar-refractivity contribution is 9.10. The van der Waals surface area contributed by atoms with Crippen molar-refractivity contribution in [3.63, 3.8) is 0 Å². The fourth-order valence-corrected chi connectivity index (χ4v) is 5.04. The quantitative estimate of drug-likeness (QED) is 0.378. The third-order valence-corrected chi connectivity index (χ3v) is 7.12. The molecular weight excluding hydrogens is 565 g/mol. The number of nitrogens with zero attached hydrogens (tertiary/aromatic N) is 2. The van der Waals surface area contributed by atoms with Crippen LogP contribution in [0.15, 0.2) is 46.9 Å². The van der Waals surface area contributed by atoms with E-state index in [9.17, 15) is 18.0 Å². The number of rotatable bonds is 11. The van der Waals surface area contributed by atoms with Crippen molar-refractivity contribution in [1.82, 2.24) is 10.2 Å². The zero-order valence-electron chi connectivity index (χ0n) is 19.2. The third kappa shape index (κ3) is 8.45. The lowest BCUT2D eigenvalue weighted by Gasteiger charge is -2.31. The highest BCUT2D eigenvalue weighted by Crippen LogP contribution is 2.27. The molecule has 7 nitrogen and oxygen atoms in total. The maximum absolute atomic E-state index is 13.5. The third-order valence-electron chi connectivity index (χ3n) is 5.05. The van der Waals surface area contributed by atoms with Crippen molar-refractivity contribution in [2.45, 2.75) is 39.3 Å². The Hall–Kier alpha value is -1.81. The van der Waals surface area contributed by atoms with E-state index in [-0.39, 0.29) is 28.2 Å². The van der Waals surface area contributed by atoms with Crippen LogP contribution in [0.2, 0.25) is 10.0 Å². The van der Waals surface area contributed by atoms with Crippen LogP contribution in [0, 0.1) is 0 Å². The monoisotopic (exact) mass is 591 g/mol. The number of carbonyl (C=O) groups excluding carboxylic acids is 2. The molecule has 0 spiro atoms. The summed E-state index contributed by atoms with van der Waals surface area (Å²) >= 11 is 15.5. The molecule has 0 radical (unpaired) electrons. The maximum atomic E-state index is 13.5. The summed E-state index contributed by atoms with van der Waals surface area (Å²) in [5.41, 5.74) is 0.948. The lowest BCUT2D eigenvalue weighted by Crippen LogP contribution is -2.51. The van der Waals surface area contributed by atoms with Gasteiger partial charge in [0.15, 0.2) is 0 Å². The summed E-state index contributed by atoms with van der Waals surface area (Å²) in [7, 11) is -3.86. The van der Waals surface area contributed by atoms with E-state index in [1.165, 1.54) is 23.1 Å². The van der Waals surface area contributed by atoms with Gasteiger partial charge in [-0.05, 0) is 49.2 Å². The molecule has 34 heavy (non-hydrogen) atoms. The number of carbonyl (C=O) groups is 2. The zero-order valence-corrected chi connectivity index (χ0v) is 23.1. The van der Waals surface area contributed by atoms with Crippen molar-refractivity contribution in [3.05, 3.63) is 62.5 Å². The van der Waals surface area contributed by atoms with Crippen LogP contribution in [0.1, 0.15) is 32.3 Å².